The molecule has 0 aromatic rings. The van der Waals surface area contributed by atoms with E-state index in [0.717, 1.165) is 44.9 Å². The molecular formula is C23H38O2. The fraction of sp³-hybridized carbons (Fsp3) is 0.739. The molecule has 25 heavy (non-hydrogen) atoms. The summed E-state index contributed by atoms with van der Waals surface area (Å²) in [6.45, 7) is 8.52. The van der Waals surface area contributed by atoms with Gasteiger partial charge in [0.15, 0.2) is 5.78 Å². The lowest BCUT2D eigenvalue weighted by atomic mass is 9.83. The Kier molecular flexibility index (Phi) is 10.0. The Morgan fingerprint density at radius 1 is 1.20 bits per heavy atom. The zero-order valence-corrected chi connectivity index (χ0v) is 16.9. The van der Waals surface area contributed by atoms with Gasteiger partial charge in [-0.05, 0) is 62.9 Å². The summed E-state index contributed by atoms with van der Waals surface area (Å²) in [4.78, 5) is 23.1. The van der Waals surface area contributed by atoms with Crippen molar-refractivity contribution in [3.63, 3.8) is 0 Å². The second-order valence-corrected chi connectivity index (χ2v) is 8.47. The van der Waals surface area contributed by atoms with Crippen molar-refractivity contribution in [1.29, 1.82) is 0 Å². The van der Waals surface area contributed by atoms with Gasteiger partial charge in [-0.2, -0.15) is 0 Å². The van der Waals surface area contributed by atoms with Crippen LogP contribution < -0.4 is 0 Å². The number of rotatable bonds is 12. The normalized spacial score (nSPS) is 21.7. The lowest BCUT2D eigenvalue weighted by molar-refractivity contribution is -0.121. The molecule has 0 heterocycles. The van der Waals surface area contributed by atoms with E-state index in [1.54, 1.807) is 13.0 Å². The number of Topliss-reactive ketones (excluding diaryl/α,β-unsaturated/α-hetero) is 1. The minimum Gasteiger partial charge on any atom is -0.299 e. The molecule has 1 fully saturated rings. The molecule has 0 radical (unpaired) electrons. The van der Waals surface area contributed by atoms with Crippen molar-refractivity contribution < 1.29 is 9.59 Å². The fourth-order valence-corrected chi connectivity index (χ4v) is 3.73. The van der Waals surface area contributed by atoms with E-state index in [4.69, 9.17) is 0 Å². The van der Waals surface area contributed by atoms with Gasteiger partial charge in [-0.15, -0.1) is 0 Å². The summed E-state index contributed by atoms with van der Waals surface area (Å²) in [5, 5.41) is 0. The van der Waals surface area contributed by atoms with Crippen LogP contribution in [-0.2, 0) is 9.59 Å². The monoisotopic (exact) mass is 346 g/mol. The molecule has 2 heteroatoms. The van der Waals surface area contributed by atoms with Gasteiger partial charge in [0.2, 0.25) is 0 Å². The highest BCUT2D eigenvalue weighted by Gasteiger charge is 2.32. The first-order chi connectivity index (χ1) is 11.9. The summed E-state index contributed by atoms with van der Waals surface area (Å²) < 4.78 is 0. The van der Waals surface area contributed by atoms with Gasteiger partial charge in [-0.3, -0.25) is 9.59 Å². The van der Waals surface area contributed by atoms with E-state index in [-0.39, 0.29) is 11.7 Å². The standard InChI is InChI=1S/C23H38O2/c1-5-6-17-23(3,4)18-11-13-20-15-16-22(25)21(20)14-10-8-7-9-12-19(2)24/h9,11-13,20-21H,5-8,10,14-18H2,1-4H3/b12-9+,13-11+/t20?,21-/m1/s1. The Balaban J connectivity index is 2.38. The van der Waals surface area contributed by atoms with Gasteiger partial charge in [-0.1, -0.05) is 58.3 Å². The quantitative estimate of drug-likeness (QED) is 0.231. The van der Waals surface area contributed by atoms with Crippen molar-refractivity contribution in [3.8, 4) is 0 Å². The van der Waals surface area contributed by atoms with Gasteiger partial charge in [0.05, 0.1) is 0 Å². The topological polar surface area (TPSA) is 34.1 Å². The van der Waals surface area contributed by atoms with Gasteiger partial charge >= 0.3 is 0 Å². The highest BCUT2D eigenvalue weighted by Crippen LogP contribution is 2.35. The molecular weight excluding hydrogens is 308 g/mol. The fourth-order valence-electron chi connectivity index (χ4n) is 3.73. The summed E-state index contributed by atoms with van der Waals surface area (Å²) in [7, 11) is 0. The van der Waals surface area contributed by atoms with Crippen LogP contribution in [0.15, 0.2) is 24.3 Å². The number of allylic oxidation sites excluding steroid dienone is 4. The second kappa shape index (κ2) is 11.4. The Morgan fingerprint density at radius 3 is 2.64 bits per heavy atom. The molecule has 0 bridgehead atoms. The number of unbranched alkanes of at least 4 members (excludes halogenated alkanes) is 3. The molecule has 0 amide bonds. The van der Waals surface area contributed by atoms with Crippen LogP contribution in [0.4, 0.5) is 0 Å². The smallest absolute Gasteiger partial charge is 0.152 e. The molecule has 0 aromatic carbocycles. The van der Waals surface area contributed by atoms with E-state index >= 15 is 0 Å². The predicted octanol–water partition coefficient (Wildman–Crippen LogP) is 6.45. The number of hydrogen-bond donors (Lipinski definition) is 0. The second-order valence-electron chi connectivity index (χ2n) is 8.47. The molecule has 0 saturated heterocycles. The lowest BCUT2D eigenvalue weighted by Crippen LogP contribution is -2.14. The average Bonchev–Trinajstić information content (AvgIpc) is 2.89. The van der Waals surface area contributed by atoms with Crippen molar-refractivity contribution in [2.24, 2.45) is 17.3 Å². The maximum Gasteiger partial charge on any atom is 0.152 e. The molecule has 142 valence electrons. The molecule has 0 spiro atoms. The van der Waals surface area contributed by atoms with Gasteiger partial charge < -0.3 is 0 Å². The van der Waals surface area contributed by atoms with Gasteiger partial charge in [0.25, 0.3) is 0 Å². The highest BCUT2D eigenvalue weighted by atomic mass is 16.1. The summed E-state index contributed by atoms with van der Waals surface area (Å²) in [6.07, 6.45) is 19.1. The summed E-state index contributed by atoms with van der Waals surface area (Å²) in [5.74, 6) is 1.24. The molecule has 0 aromatic heterocycles. The Labute approximate surface area is 155 Å². The summed E-state index contributed by atoms with van der Waals surface area (Å²) in [6, 6.07) is 0. The van der Waals surface area contributed by atoms with E-state index in [9.17, 15) is 9.59 Å². The molecule has 0 aliphatic heterocycles. The van der Waals surface area contributed by atoms with E-state index in [0.29, 0.717) is 17.1 Å². The van der Waals surface area contributed by atoms with Gasteiger partial charge in [0.1, 0.15) is 5.78 Å². The van der Waals surface area contributed by atoms with Crippen molar-refractivity contribution in [3.05, 3.63) is 24.3 Å². The number of carbonyl (C=O) groups excluding carboxylic acids is 2. The van der Waals surface area contributed by atoms with Crippen molar-refractivity contribution in [1.82, 2.24) is 0 Å². The molecule has 2 atom stereocenters. The van der Waals surface area contributed by atoms with Gasteiger partial charge in [-0.25, -0.2) is 0 Å². The van der Waals surface area contributed by atoms with Crippen LogP contribution in [0.5, 0.6) is 0 Å². The first kappa shape index (κ1) is 21.9. The predicted molar refractivity (Wildman–Crippen MR) is 107 cm³/mol. The SMILES string of the molecule is CCCCC(C)(C)C/C=C/C1CCC(=O)[C@@H]1CCCC/C=C/C(C)=O. The van der Waals surface area contributed by atoms with Crippen molar-refractivity contribution in [2.45, 2.75) is 91.9 Å². The third-order valence-corrected chi connectivity index (χ3v) is 5.40. The molecule has 1 aliphatic rings. The molecule has 2 nitrogen and oxygen atoms in total. The van der Waals surface area contributed by atoms with Crippen molar-refractivity contribution >= 4 is 11.6 Å². The van der Waals surface area contributed by atoms with E-state index < -0.39 is 0 Å². The zero-order chi connectivity index (χ0) is 18.7. The first-order valence-corrected chi connectivity index (χ1v) is 10.2. The van der Waals surface area contributed by atoms with E-state index in [1.807, 2.05) is 6.08 Å². The molecule has 1 unspecified atom stereocenters. The summed E-state index contributed by atoms with van der Waals surface area (Å²) in [5.41, 5.74) is 0.369. The van der Waals surface area contributed by atoms with Gasteiger partial charge in [0, 0.05) is 12.3 Å². The maximum atomic E-state index is 12.2. The van der Waals surface area contributed by atoms with Crippen LogP contribution in [0.3, 0.4) is 0 Å². The number of ketones is 2. The van der Waals surface area contributed by atoms with Crippen LogP contribution in [0.2, 0.25) is 0 Å². The third-order valence-electron chi connectivity index (χ3n) is 5.40. The Morgan fingerprint density at radius 2 is 1.96 bits per heavy atom. The number of carbonyl (C=O) groups is 2. The minimum atomic E-state index is 0.109. The first-order valence-electron chi connectivity index (χ1n) is 10.2. The zero-order valence-electron chi connectivity index (χ0n) is 16.9. The Bertz CT molecular complexity index is 470. The van der Waals surface area contributed by atoms with Crippen LogP contribution in [0.25, 0.3) is 0 Å². The van der Waals surface area contributed by atoms with Crippen LogP contribution in [-0.4, -0.2) is 11.6 Å². The van der Waals surface area contributed by atoms with Crippen LogP contribution in [0, 0.1) is 17.3 Å². The highest BCUT2D eigenvalue weighted by molar-refractivity contribution is 5.87. The molecule has 0 N–H and O–H groups in total. The average molecular weight is 347 g/mol. The minimum absolute atomic E-state index is 0.109. The molecule has 1 aliphatic carbocycles. The summed E-state index contributed by atoms with van der Waals surface area (Å²) >= 11 is 0. The lowest BCUT2D eigenvalue weighted by Gasteiger charge is -2.23. The van der Waals surface area contributed by atoms with Crippen LogP contribution in [0.1, 0.15) is 91.9 Å². The van der Waals surface area contributed by atoms with E-state index in [2.05, 4.69) is 32.9 Å². The maximum absolute atomic E-state index is 12.2. The Hall–Kier alpha value is -1.18. The molecule has 1 rings (SSSR count). The number of hydrogen-bond acceptors (Lipinski definition) is 2. The van der Waals surface area contributed by atoms with E-state index in [1.165, 1.54) is 19.3 Å². The van der Waals surface area contributed by atoms with Crippen LogP contribution >= 0.6 is 0 Å². The largest absolute Gasteiger partial charge is 0.299 e. The third kappa shape index (κ3) is 9.18. The van der Waals surface area contributed by atoms with Crippen molar-refractivity contribution in [2.75, 3.05) is 0 Å². The molecule has 1 saturated carbocycles.